The number of anilines is 2. The molecule has 0 radical (unpaired) electrons. The molecule has 3 rings (SSSR count). The molecule has 0 saturated carbocycles. The second-order valence-corrected chi connectivity index (χ2v) is 6.32. The van der Waals surface area contributed by atoms with Crippen molar-refractivity contribution < 1.29 is 9.59 Å². The van der Waals surface area contributed by atoms with E-state index in [4.69, 9.17) is 0 Å². The van der Waals surface area contributed by atoms with E-state index in [2.05, 4.69) is 30.9 Å². The first-order valence-corrected chi connectivity index (χ1v) is 8.90. The van der Waals surface area contributed by atoms with E-state index in [1.807, 2.05) is 6.92 Å². The number of hydrogen-bond donors (Lipinski definition) is 2. The number of carbonyl (C=O) groups excluding carboxylic acids is 2. The highest BCUT2D eigenvalue weighted by atomic mass is 32.2. The monoisotopic (exact) mass is 371 g/mol. The molecule has 1 aromatic carbocycles. The second kappa shape index (κ2) is 7.91. The Morgan fingerprint density at radius 2 is 1.81 bits per heavy atom. The minimum Gasteiger partial charge on any atom is -0.326 e. The first kappa shape index (κ1) is 17.8. The summed E-state index contributed by atoms with van der Waals surface area (Å²) in [6.07, 6.45) is 1.44. The first-order chi connectivity index (χ1) is 12.6. The summed E-state index contributed by atoms with van der Waals surface area (Å²) >= 11 is 1.28. The van der Waals surface area contributed by atoms with Crippen molar-refractivity contribution in [2.45, 2.75) is 25.4 Å². The molecule has 9 nitrogen and oxygen atoms in total. The molecule has 0 unspecified atom stereocenters. The van der Waals surface area contributed by atoms with Crippen LogP contribution in [-0.4, -0.2) is 42.5 Å². The number of aryl methyl sites for hydroxylation is 1. The SMILES string of the molecule is CCn1nnc2c(SCC(=O)Nc3ccc(NC(C)=O)cc3)ncnc21. The molecule has 134 valence electrons. The van der Waals surface area contributed by atoms with Crippen LogP contribution >= 0.6 is 11.8 Å². The molecule has 2 amide bonds. The van der Waals surface area contributed by atoms with Crippen LogP contribution in [-0.2, 0) is 16.1 Å². The average Bonchev–Trinajstić information content (AvgIpc) is 3.05. The molecular weight excluding hydrogens is 354 g/mol. The molecule has 0 aliphatic rings. The Bertz CT molecular complexity index is 939. The van der Waals surface area contributed by atoms with E-state index in [0.29, 0.717) is 34.1 Å². The fourth-order valence-corrected chi connectivity index (χ4v) is 2.99. The van der Waals surface area contributed by atoms with Crippen LogP contribution in [0.1, 0.15) is 13.8 Å². The number of nitrogens with one attached hydrogen (secondary N) is 2. The summed E-state index contributed by atoms with van der Waals surface area (Å²) in [5.41, 5.74) is 2.56. The molecule has 0 aliphatic heterocycles. The molecule has 26 heavy (non-hydrogen) atoms. The van der Waals surface area contributed by atoms with Crippen LogP contribution in [0.5, 0.6) is 0 Å². The number of thioether (sulfide) groups is 1. The van der Waals surface area contributed by atoms with Gasteiger partial charge in [-0.3, -0.25) is 9.59 Å². The molecule has 0 aliphatic carbocycles. The van der Waals surface area contributed by atoms with Crippen molar-refractivity contribution in [3.63, 3.8) is 0 Å². The van der Waals surface area contributed by atoms with Gasteiger partial charge in [0.15, 0.2) is 11.2 Å². The average molecular weight is 371 g/mol. The molecule has 0 saturated heterocycles. The van der Waals surface area contributed by atoms with Crippen LogP contribution < -0.4 is 10.6 Å². The Morgan fingerprint density at radius 1 is 1.12 bits per heavy atom. The van der Waals surface area contributed by atoms with Gasteiger partial charge in [-0.05, 0) is 31.2 Å². The lowest BCUT2D eigenvalue weighted by molar-refractivity contribution is -0.114. The van der Waals surface area contributed by atoms with Gasteiger partial charge in [-0.1, -0.05) is 17.0 Å². The largest absolute Gasteiger partial charge is 0.326 e. The van der Waals surface area contributed by atoms with Crippen molar-refractivity contribution >= 4 is 46.1 Å². The number of benzene rings is 1. The molecule has 10 heteroatoms. The van der Waals surface area contributed by atoms with Gasteiger partial charge in [0.25, 0.3) is 0 Å². The summed E-state index contributed by atoms with van der Waals surface area (Å²) in [6, 6.07) is 6.90. The lowest BCUT2D eigenvalue weighted by Crippen LogP contribution is -2.14. The fourth-order valence-electron chi connectivity index (χ4n) is 2.26. The number of nitrogens with zero attached hydrogens (tertiary/aromatic N) is 5. The van der Waals surface area contributed by atoms with E-state index in [1.165, 1.54) is 25.0 Å². The van der Waals surface area contributed by atoms with E-state index in [-0.39, 0.29) is 17.6 Å². The normalized spacial score (nSPS) is 10.7. The van der Waals surface area contributed by atoms with Crippen LogP contribution in [0.3, 0.4) is 0 Å². The third kappa shape index (κ3) is 4.14. The highest BCUT2D eigenvalue weighted by molar-refractivity contribution is 8.00. The van der Waals surface area contributed by atoms with Crippen molar-refractivity contribution in [2.24, 2.45) is 0 Å². The van der Waals surface area contributed by atoms with Gasteiger partial charge in [0.2, 0.25) is 11.8 Å². The molecule has 2 N–H and O–H groups in total. The van der Waals surface area contributed by atoms with Crippen LogP contribution in [0, 0.1) is 0 Å². The highest BCUT2D eigenvalue weighted by Crippen LogP contribution is 2.22. The zero-order valence-electron chi connectivity index (χ0n) is 14.3. The number of amides is 2. The molecule has 0 bridgehead atoms. The van der Waals surface area contributed by atoms with Gasteiger partial charge >= 0.3 is 0 Å². The maximum atomic E-state index is 12.2. The van der Waals surface area contributed by atoms with E-state index < -0.39 is 0 Å². The summed E-state index contributed by atoms with van der Waals surface area (Å²) in [4.78, 5) is 31.5. The quantitative estimate of drug-likeness (QED) is 0.502. The Hall–Kier alpha value is -3.01. The number of carbonyl (C=O) groups is 2. The Labute approximate surface area is 153 Å². The van der Waals surface area contributed by atoms with Gasteiger partial charge in [-0.15, -0.1) is 5.10 Å². The summed E-state index contributed by atoms with van der Waals surface area (Å²) in [5.74, 6) is -0.135. The van der Waals surface area contributed by atoms with E-state index >= 15 is 0 Å². The molecule has 0 atom stereocenters. The highest BCUT2D eigenvalue weighted by Gasteiger charge is 2.13. The third-order valence-corrected chi connectivity index (χ3v) is 4.37. The maximum Gasteiger partial charge on any atom is 0.234 e. The second-order valence-electron chi connectivity index (χ2n) is 5.35. The predicted molar refractivity (Wildman–Crippen MR) is 98.9 cm³/mol. The summed E-state index contributed by atoms with van der Waals surface area (Å²) in [6.45, 7) is 4.05. The predicted octanol–water partition coefficient (Wildman–Crippen LogP) is 1.93. The van der Waals surface area contributed by atoms with E-state index in [0.717, 1.165) is 0 Å². The van der Waals surface area contributed by atoms with E-state index in [9.17, 15) is 9.59 Å². The summed E-state index contributed by atoms with van der Waals surface area (Å²) in [7, 11) is 0. The van der Waals surface area contributed by atoms with Crippen molar-refractivity contribution in [2.75, 3.05) is 16.4 Å². The molecule has 0 fully saturated rings. The smallest absolute Gasteiger partial charge is 0.234 e. The molecule has 3 aromatic rings. The van der Waals surface area contributed by atoms with Crippen LogP contribution in [0.15, 0.2) is 35.6 Å². The van der Waals surface area contributed by atoms with Gasteiger partial charge in [0.05, 0.1) is 5.75 Å². The number of fused-ring (bicyclic) bond motifs is 1. The Kier molecular flexibility index (Phi) is 5.42. The van der Waals surface area contributed by atoms with Crippen molar-refractivity contribution in [3.8, 4) is 0 Å². The topological polar surface area (TPSA) is 115 Å². The lowest BCUT2D eigenvalue weighted by Gasteiger charge is -2.07. The van der Waals surface area contributed by atoms with Crippen molar-refractivity contribution in [3.05, 3.63) is 30.6 Å². The standard InChI is InChI=1S/C16H17N7O2S/c1-3-23-15-14(21-22-23)16(18-9-17-15)26-8-13(25)20-12-6-4-11(5-7-12)19-10(2)24/h4-7,9H,3,8H2,1-2H3,(H,19,24)(H,20,25). The first-order valence-electron chi connectivity index (χ1n) is 7.91. The molecular formula is C16H17N7O2S. The van der Waals surface area contributed by atoms with Gasteiger partial charge in [-0.25, -0.2) is 14.6 Å². The van der Waals surface area contributed by atoms with Crippen molar-refractivity contribution in [1.29, 1.82) is 0 Å². The van der Waals surface area contributed by atoms with Crippen LogP contribution in [0.25, 0.3) is 11.2 Å². The third-order valence-electron chi connectivity index (χ3n) is 3.40. The number of hydrogen-bond acceptors (Lipinski definition) is 7. The summed E-state index contributed by atoms with van der Waals surface area (Å²) < 4.78 is 1.68. The van der Waals surface area contributed by atoms with Gasteiger partial charge in [0, 0.05) is 24.8 Å². The van der Waals surface area contributed by atoms with Gasteiger partial charge < -0.3 is 10.6 Å². The number of rotatable bonds is 6. The molecule has 2 aromatic heterocycles. The zero-order valence-corrected chi connectivity index (χ0v) is 15.1. The molecule has 0 spiro atoms. The maximum absolute atomic E-state index is 12.2. The zero-order chi connectivity index (χ0) is 18.5. The minimum atomic E-state index is -0.170. The van der Waals surface area contributed by atoms with Crippen LogP contribution in [0.2, 0.25) is 0 Å². The van der Waals surface area contributed by atoms with Gasteiger partial charge in [0.1, 0.15) is 11.4 Å². The van der Waals surface area contributed by atoms with Crippen LogP contribution in [0.4, 0.5) is 11.4 Å². The Morgan fingerprint density at radius 3 is 2.46 bits per heavy atom. The Balaban J connectivity index is 1.61. The van der Waals surface area contributed by atoms with Gasteiger partial charge in [-0.2, -0.15) is 0 Å². The molecule has 2 heterocycles. The fraction of sp³-hybridized carbons (Fsp3) is 0.250. The lowest BCUT2D eigenvalue weighted by atomic mass is 10.3. The summed E-state index contributed by atoms with van der Waals surface area (Å²) in [5, 5.41) is 14.2. The van der Waals surface area contributed by atoms with E-state index in [1.54, 1.807) is 28.9 Å². The number of aromatic nitrogens is 5. The van der Waals surface area contributed by atoms with Crippen molar-refractivity contribution in [1.82, 2.24) is 25.0 Å². The minimum absolute atomic E-state index is 0.144.